The summed E-state index contributed by atoms with van der Waals surface area (Å²) in [5.74, 6) is 0.100. The topological polar surface area (TPSA) is 99.8 Å². The quantitative estimate of drug-likeness (QED) is 0.731. The van der Waals surface area contributed by atoms with Crippen LogP contribution in [0.2, 0.25) is 0 Å². The monoisotopic (exact) mass is 380 g/mol. The average molecular weight is 380 g/mol. The fourth-order valence-electron chi connectivity index (χ4n) is 3.19. The Morgan fingerprint density at radius 3 is 2.71 bits per heavy atom. The molecule has 2 aromatic rings. The number of carbonyl (C=O) groups excluding carboxylic acids is 3. The summed E-state index contributed by atoms with van der Waals surface area (Å²) >= 11 is 0. The van der Waals surface area contributed by atoms with E-state index >= 15 is 0 Å². The van der Waals surface area contributed by atoms with Crippen molar-refractivity contribution in [2.24, 2.45) is 0 Å². The molecule has 0 aromatic heterocycles. The molecule has 2 aliphatic rings. The second-order valence-corrected chi connectivity index (χ2v) is 6.67. The summed E-state index contributed by atoms with van der Waals surface area (Å²) in [6.07, 6.45) is 0. The number of carbonyl (C=O) groups is 3. The highest BCUT2D eigenvalue weighted by molar-refractivity contribution is 5.99. The third-order valence-electron chi connectivity index (χ3n) is 4.67. The number of nitrogens with zero attached hydrogens (tertiary/aromatic N) is 1. The van der Waals surface area contributed by atoms with E-state index in [0.717, 1.165) is 17.8 Å². The van der Waals surface area contributed by atoms with Gasteiger partial charge in [0, 0.05) is 30.9 Å². The Morgan fingerprint density at radius 1 is 1.11 bits per heavy atom. The Bertz CT molecular complexity index is 926. The Hall–Kier alpha value is -3.55. The van der Waals surface area contributed by atoms with Crippen molar-refractivity contribution in [2.75, 3.05) is 36.5 Å². The van der Waals surface area contributed by atoms with Crippen LogP contribution in [0.1, 0.15) is 15.9 Å². The first-order valence-electron chi connectivity index (χ1n) is 9.04. The van der Waals surface area contributed by atoms with Gasteiger partial charge in [0.25, 0.3) is 11.8 Å². The molecule has 0 spiro atoms. The molecule has 8 heteroatoms. The summed E-state index contributed by atoms with van der Waals surface area (Å²) < 4.78 is 5.29. The number of amides is 3. The Balaban J connectivity index is 1.36. The van der Waals surface area contributed by atoms with E-state index < -0.39 is 0 Å². The van der Waals surface area contributed by atoms with Crippen molar-refractivity contribution in [2.45, 2.75) is 6.54 Å². The molecule has 3 N–H and O–H groups in total. The Labute approximate surface area is 161 Å². The van der Waals surface area contributed by atoms with Crippen molar-refractivity contribution in [1.29, 1.82) is 0 Å². The molecule has 0 bridgehead atoms. The predicted octanol–water partition coefficient (Wildman–Crippen LogP) is 0.884. The van der Waals surface area contributed by atoms with E-state index in [0.29, 0.717) is 36.6 Å². The van der Waals surface area contributed by atoms with Gasteiger partial charge < -0.3 is 25.6 Å². The number of anilines is 2. The van der Waals surface area contributed by atoms with Crippen molar-refractivity contribution >= 4 is 29.1 Å². The second kappa shape index (κ2) is 7.59. The van der Waals surface area contributed by atoms with Crippen LogP contribution in [0, 0.1) is 0 Å². The maximum Gasteiger partial charge on any atom is 0.262 e. The summed E-state index contributed by atoms with van der Waals surface area (Å²) in [6.45, 7) is 2.13. The second-order valence-electron chi connectivity index (χ2n) is 6.67. The highest BCUT2D eigenvalue weighted by Crippen LogP contribution is 2.28. The molecule has 144 valence electrons. The zero-order valence-corrected chi connectivity index (χ0v) is 15.2. The SMILES string of the molecule is O=C1CN(c2ccc(CNC(=O)c3ccc4c(c3)NC(=O)CO4)cc2)CCN1. The van der Waals surface area contributed by atoms with Crippen molar-refractivity contribution in [3.05, 3.63) is 53.6 Å². The summed E-state index contributed by atoms with van der Waals surface area (Å²) in [7, 11) is 0. The van der Waals surface area contributed by atoms with Gasteiger partial charge in [-0.1, -0.05) is 12.1 Å². The molecule has 28 heavy (non-hydrogen) atoms. The number of hydrogen-bond acceptors (Lipinski definition) is 5. The van der Waals surface area contributed by atoms with Crippen molar-refractivity contribution < 1.29 is 19.1 Å². The van der Waals surface area contributed by atoms with Crippen LogP contribution < -0.4 is 25.6 Å². The number of nitrogens with one attached hydrogen (secondary N) is 3. The van der Waals surface area contributed by atoms with Crippen LogP contribution in [0.5, 0.6) is 5.75 Å². The van der Waals surface area contributed by atoms with Crippen LogP contribution in [0.15, 0.2) is 42.5 Å². The summed E-state index contributed by atoms with van der Waals surface area (Å²) in [5.41, 5.74) is 2.88. The first-order valence-corrected chi connectivity index (χ1v) is 9.04. The van der Waals surface area contributed by atoms with Gasteiger partial charge in [-0.05, 0) is 35.9 Å². The van der Waals surface area contributed by atoms with E-state index in [1.807, 2.05) is 29.2 Å². The van der Waals surface area contributed by atoms with Crippen LogP contribution >= 0.6 is 0 Å². The zero-order chi connectivity index (χ0) is 19.5. The largest absolute Gasteiger partial charge is 0.482 e. The molecule has 1 fully saturated rings. The lowest BCUT2D eigenvalue weighted by atomic mass is 10.1. The van der Waals surface area contributed by atoms with Gasteiger partial charge in [0.15, 0.2) is 6.61 Å². The number of hydrogen-bond donors (Lipinski definition) is 3. The molecule has 2 aromatic carbocycles. The molecule has 0 aliphatic carbocycles. The van der Waals surface area contributed by atoms with E-state index in [4.69, 9.17) is 4.74 Å². The number of benzene rings is 2. The van der Waals surface area contributed by atoms with Gasteiger partial charge in [-0.15, -0.1) is 0 Å². The molecule has 0 saturated carbocycles. The van der Waals surface area contributed by atoms with E-state index in [1.165, 1.54) is 0 Å². The lowest BCUT2D eigenvalue weighted by molar-refractivity contribution is -0.120. The van der Waals surface area contributed by atoms with Gasteiger partial charge in [-0.2, -0.15) is 0 Å². The van der Waals surface area contributed by atoms with Crippen LogP contribution in [0.25, 0.3) is 0 Å². The molecule has 4 rings (SSSR count). The summed E-state index contributed by atoms with van der Waals surface area (Å²) in [4.78, 5) is 37.4. The lowest BCUT2D eigenvalue weighted by Crippen LogP contribution is -2.47. The molecule has 0 unspecified atom stereocenters. The molecule has 2 heterocycles. The minimum atomic E-state index is -0.240. The molecule has 0 atom stereocenters. The van der Waals surface area contributed by atoms with E-state index in [-0.39, 0.29) is 24.3 Å². The first kappa shape index (κ1) is 17.8. The maximum atomic E-state index is 12.4. The minimum absolute atomic E-state index is 0.0172. The van der Waals surface area contributed by atoms with Crippen molar-refractivity contribution in [3.63, 3.8) is 0 Å². The number of ether oxygens (including phenoxy) is 1. The Kier molecular flexibility index (Phi) is 4.84. The smallest absolute Gasteiger partial charge is 0.262 e. The standard InChI is InChI=1S/C20H20N4O4/c25-18-11-24(8-7-21-18)15-4-1-13(2-5-15)10-22-20(27)14-3-6-17-16(9-14)23-19(26)12-28-17/h1-6,9H,7-8,10-12H2,(H,21,25)(H,22,27)(H,23,26). The predicted molar refractivity (Wildman–Crippen MR) is 103 cm³/mol. The van der Waals surface area contributed by atoms with Crippen molar-refractivity contribution in [1.82, 2.24) is 10.6 Å². The van der Waals surface area contributed by atoms with Gasteiger partial charge in [-0.25, -0.2) is 0 Å². The first-order chi connectivity index (χ1) is 13.6. The molecule has 3 amide bonds. The third-order valence-corrected chi connectivity index (χ3v) is 4.67. The number of fused-ring (bicyclic) bond motifs is 1. The average Bonchev–Trinajstić information content (AvgIpc) is 2.72. The molecule has 8 nitrogen and oxygen atoms in total. The highest BCUT2D eigenvalue weighted by Gasteiger charge is 2.18. The van der Waals surface area contributed by atoms with Gasteiger partial charge in [-0.3, -0.25) is 14.4 Å². The van der Waals surface area contributed by atoms with E-state index in [2.05, 4.69) is 16.0 Å². The third kappa shape index (κ3) is 3.90. The van der Waals surface area contributed by atoms with Crippen LogP contribution in [-0.4, -0.2) is 44.0 Å². The normalized spacial score (nSPS) is 15.8. The fourth-order valence-corrected chi connectivity index (χ4v) is 3.19. The van der Waals surface area contributed by atoms with Gasteiger partial charge in [0.05, 0.1) is 12.2 Å². The number of piperazine rings is 1. The Morgan fingerprint density at radius 2 is 1.93 bits per heavy atom. The number of rotatable bonds is 4. The van der Waals surface area contributed by atoms with E-state index in [9.17, 15) is 14.4 Å². The molecule has 0 radical (unpaired) electrons. The van der Waals surface area contributed by atoms with Crippen LogP contribution in [0.4, 0.5) is 11.4 Å². The van der Waals surface area contributed by atoms with Crippen molar-refractivity contribution in [3.8, 4) is 5.75 Å². The summed E-state index contributed by atoms with van der Waals surface area (Å²) in [5, 5.41) is 8.37. The van der Waals surface area contributed by atoms with E-state index in [1.54, 1.807) is 18.2 Å². The van der Waals surface area contributed by atoms with Crippen LogP contribution in [-0.2, 0) is 16.1 Å². The van der Waals surface area contributed by atoms with Gasteiger partial charge in [0.2, 0.25) is 5.91 Å². The molecular formula is C20H20N4O4. The highest BCUT2D eigenvalue weighted by atomic mass is 16.5. The van der Waals surface area contributed by atoms with Gasteiger partial charge in [0.1, 0.15) is 5.75 Å². The summed E-state index contributed by atoms with van der Waals surface area (Å²) in [6, 6.07) is 12.7. The van der Waals surface area contributed by atoms with Crippen LogP contribution in [0.3, 0.4) is 0 Å². The molecular weight excluding hydrogens is 360 g/mol. The van der Waals surface area contributed by atoms with Gasteiger partial charge >= 0.3 is 0 Å². The molecule has 2 aliphatic heterocycles. The minimum Gasteiger partial charge on any atom is -0.482 e. The lowest BCUT2D eigenvalue weighted by Gasteiger charge is -2.28. The zero-order valence-electron chi connectivity index (χ0n) is 15.2. The molecule has 1 saturated heterocycles. The maximum absolute atomic E-state index is 12.4. The fraction of sp³-hybridized carbons (Fsp3) is 0.250.